The normalized spacial score (nSPS) is 32.7. The summed E-state index contributed by atoms with van der Waals surface area (Å²) >= 11 is 5.73. The fourth-order valence-electron chi connectivity index (χ4n) is 1.98. The number of ether oxygens (including phenoxy) is 1. The quantitative estimate of drug-likeness (QED) is 0.476. The Bertz CT molecular complexity index is 498. The smallest absolute Gasteiger partial charge is 0.265 e. The first kappa shape index (κ1) is 16.2. The molecule has 0 radical (unpaired) electrons. The van der Waals surface area contributed by atoms with Crippen LogP contribution in [0.15, 0.2) is 24.3 Å². The number of carbonyl (C=O) groups is 1. The maximum absolute atomic E-state index is 11.9. The van der Waals surface area contributed by atoms with Crippen molar-refractivity contribution < 1.29 is 24.9 Å². The molecule has 0 aliphatic carbocycles. The second-order valence-corrected chi connectivity index (χ2v) is 5.28. The van der Waals surface area contributed by atoms with E-state index in [1.54, 1.807) is 31.2 Å². The molecule has 21 heavy (non-hydrogen) atoms. The van der Waals surface area contributed by atoms with Crippen LogP contribution in [0.25, 0.3) is 0 Å². The van der Waals surface area contributed by atoms with E-state index in [1.165, 1.54) is 0 Å². The van der Waals surface area contributed by atoms with Gasteiger partial charge in [-0.25, -0.2) is 5.43 Å². The summed E-state index contributed by atoms with van der Waals surface area (Å²) in [5.41, 5.74) is 5.22. The van der Waals surface area contributed by atoms with Crippen molar-refractivity contribution in [1.29, 1.82) is 0 Å². The second kappa shape index (κ2) is 6.69. The fraction of sp³-hybridized carbons (Fsp3) is 0.462. The molecule has 1 heterocycles. The Kier molecular flexibility index (Phi) is 5.15. The molecule has 116 valence electrons. The van der Waals surface area contributed by atoms with Crippen molar-refractivity contribution in [3.63, 3.8) is 0 Å². The maximum atomic E-state index is 11.9. The third-order valence-corrected chi connectivity index (χ3v) is 3.54. The fourth-order valence-corrected chi connectivity index (χ4v) is 2.11. The van der Waals surface area contributed by atoms with E-state index in [4.69, 9.17) is 16.3 Å². The van der Waals surface area contributed by atoms with Gasteiger partial charge in [0.1, 0.15) is 18.3 Å². The predicted molar refractivity (Wildman–Crippen MR) is 74.4 cm³/mol. The summed E-state index contributed by atoms with van der Waals surface area (Å²) < 4.78 is 5.28. The molecule has 0 saturated carbocycles. The molecular formula is C13H17ClN2O5. The Hall–Kier alpha value is -1.22. The van der Waals surface area contributed by atoms with Gasteiger partial charge in [0.15, 0.2) is 6.23 Å². The molecule has 1 aromatic rings. The standard InChI is InChI=1S/C13H17ClN2O5/c1-6-9(17)10(18)11(19)13(21-6)16-15-12(20)7-2-4-8(14)5-3-7/h2-6,9-11,13,16-19H,1H3,(H,15,20). The number of hydrazine groups is 1. The number of benzene rings is 1. The zero-order chi connectivity index (χ0) is 15.6. The Morgan fingerprint density at radius 2 is 1.76 bits per heavy atom. The lowest BCUT2D eigenvalue weighted by molar-refractivity contribution is -0.226. The van der Waals surface area contributed by atoms with Crippen LogP contribution >= 0.6 is 11.6 Å². The van der Waals surface area contributed by atoms with Crippen LogP contribution in [0, 0.1) is 0 Å². The van der Waals surface area contributed by atoms with Crippen LogP contribution in [0.3, 0.4) is 0 Å². The molecule has 1 amide bonds. The van der Waals surface area contributed by atoms with Gasteiger partial charge in [-0.3, -0.25) is 10.2 Å². The SMILES string of the molecule is CC1OC(NNC(=O)c2ccc(Cl)cc2)C(O)C(O)C1O. The molecule has 0 aromatic heterocycles. The molecule has 1 aromatic carbocycles. The largest absolute Gasteiger partial charge is 0.388 e. The van der Waals surface area contributed by atoms with Crippen molar-refractivity contribution in [3.05, 3.63) is 34.9 Å². The molecule has 1 saturated heterocycles. The van der Waals surface area contributed by atoms with Crippen molar-refractivity contribution in [2.75, 3.05) is 0 Å². The second-order valence-electron chi connectivity index (χ2n) is 4.84. The number of rotatable bonds is 3. The van der Waals surface area contributed by atoms with Gasteiger partial charge < -0.3 is 20.1 Å². The minimum atomic E-state index is -1.37. The molecule has 2 rings (SSSR count). The van der Waals surface area contributed by atoms with Crippen LogP contribution < -0.4 is 10.9 Å². The Morgan fingerprint density at radius 1 is 1.14 bits per heavy atom. The van der Waals surface area contributed by atoms with Crippen LogP contribution in [0.2, 0.25) is 5.02 Å². The van der Waals surface area contributed by atoms with Gasteiger partial charge >= 0.3 is 0 Å². The van der Waals surface area contributed by atoms with Gasteiger partial charge in [-0.15, -0.1) is 0 Å². The highest BCUT2D eigenvalue weighted by Gasteiger charge is 2.41. The third-order valence-electron chi connectivity index (χ3n) is 3.29. The van der Waals surface area contributed by atoms with Crippen LogP contribution in [-0.2, 0) is 4.74 Å². The van der Waals surface area contributed by atoms with Crippen LogP contribution in [0.4, 0.5) is 0 Å². The van der Waals surface area contributed by atoms with Gasteiger partial charge in [0.25, 0.3) is 5.91 Å². The minimum absolute atomic E-state index is 0.367. The third kappa shape index (κ3) is 3.70. The van der Waals surface area contributed by atoms with Crippen molar-refractivity contribution in [2.24, 2.45) is 0 Å². The van der Waals surface area contributed by atoms with E-state index in [2.05, 4.69) is 10.9 Å². The summed E-state index contributed by atoms with van der Waals surface area (Å²) in [6, 6.07) is 6.23. The van der Waals surface area contributed by atoms with E-state index in [9.17, 15) is 20.1 Å². The number of nitrogens with one attached hydrogen (secondary N) is 2. The number of aliphatic hydroxyl groups is 3. The molecule has 5 N–H and O–H groups in total. The van der Waals surface area contributed by atoms with Crippen LogP contribution in [0.5, 0.6) is 0 Å². The van der Waals surface area contributed by atoms with Gasteiger partial charge in [-0.05, 0) is 31.2 Å². The molecule has 8 heteroatoms. The summed E-state index contributed by atoms with van der Waals surface area (Å²) in [6.07, 6.45) is -5.64. The monoisotopic (exact) mass is 316 g/mol. The lowest BCUT2D eigenvalue weighted by Gasteiger charge is -2.39. The first-order valence-corrected chi connectivity index (χ1v) is 6.79. The van der Waals surface area contributed by atoms with E-state index in [-0.39, 0.29) is 0 Å². The van der Waals surface area contributed by atoms with Gasteiger partial charge in [-0.2, -0.15) is 0 Å². The van der Waals surface area contributed by atoms with Crippen LogP contribution in [-0.4, -0.2) is 51.9 Å². The lowest BCUT2D eigenvalue weighted by Crippen LogP contribution is -2.63. The maximum Gasteiger partial charge on any atom is 0.265 e. The van der Waals surface area contributed by atoms with Gasteiger partial charge in [0.05, 0.1) is 6.10 Å². The van der Waals surface area contributed by atoms with E-state index in [0.29, 0.717) is 10.6 Å². The van der Waals surface area contributed by atoms with E-state index < -0.39 is 36.6 Å². The molecular weight excluding hydrogens is 300 g/mol. The molecule has 5 unspecified atom stereocenters. The van der Waals surface area contributed by atoms with Gasteiger partial charge in [0, 0.05) is 10.6 Å². The first-order valence-electron chi connectivity index (χ1n) is 6.41. The predicted octanol–water partition coefficient (Wildman–Crippen LogP) is -0.598. The van der Waals surface area contributed by atoms with Crippen molar-refractivity contribution >= 4 is 17.5 Å². The van der Waals surface area contributed by atoms with Crippen LogP contribution in [0.1, 0.15) is 17.3 Å². The summed E-state index contributed by atoms with van der Waals surface area (Å²) in [5, 5.41) is 29.5. The zero-order valence-electron chi connectivity index (χ0n) is 11.2. The van der Waals surface area contributed by atoms with Crippen molar-refractivity contribution in [1.82, 2.24) is 10.9 Å². The minimum Gasteiger partial charge on any atom is -0.388 e. The van der Waals surface area contributed by atoms with Crippen molar-refractivity contribution in [2.45, 2.75) is 37.6 Å². The highest BCUT2D eigenvalue weighted by molar-refractivity contribution is 6.30. The number of hydrogen-bond acceptors (Lipinski definition) is 6. The van der Waals surface area contributed by atoms with E-state index in [0.717, 1.165) is 0 Å². The molecule has 5 atom stereocenters. The summed E-state index contributed by atoms with van der Waals surface area (Å²) in [5.74, 6) is -0.448. The number of halogens is 1. The van der Waals surface area contributed by atoms with Crippen molar-refractivity contribution in [3.8, 4) is 0 Å². The number of aliphatic hydroxyl groups excluding tert-OH is 3. The summed E-state index contributed by atoms with van der Waals surface area (Å²) in [4.78, 5) is 11.9. The Balaban J connectivity index is 1.93. The number of hydrogen-bond donors (Lipinski definition) is 5. The summed E-state index contributed by atoms with van der Waals surface area (Å²) in [7, 11) is 0. The lowest BCUT2D eigenvalue weighted by atomic mass is 9.99. The molecule has 1 aliphatic rings. The number of amides is 1. The molecule has 7 nitrogen and oxygen atoms in total. The molecule has 1 aliphatic heterocycles. The Labute approximate surface area is 126 Å². The summed E-state index contributed by atoms with van der Waals surface area (Å²) in [6.45, 7) is 1.55. The van der Waals surface area contributed by atoms with Gasteiger partial charge in [0.2, 0.25) is 0 Å². The number of carbonyl (C=O) groups excluding carboxylic acids is 1. The average molecular weight is 317 g/mol. The molecule has 1 fully saturated rings. The highest BCUT2D eigenvalue weighted by atomic mass is 35.5. The van der Waals surface area contributed by atoms with Gasteiger partial charge in [-0.1, -0.05) is 11.6 Å². The van der Waals surface area contributed by atoms with E-state index >= 15 is 0 Å². The molecule has 0 bridgehead atoms. The Morgan fingerprint density at radius 3 is 2.38 bits per heavy atom. The van der Waals surface area contributed by atoms with E-state index in [1.807, 2.05) is 0 Å². The first-order chi connectivity index (χ1) is 9.90. The highest BCUT2D eigenvalue weighted by Crippen LogP contribution is 2.19. The average Bonchev–Trinajstić information content (AvgIpc) is 2.48. The molecule has 0 spiro atoms. The zero-order valence-corrected chi connectivity index (χ0v) is 12.0. The topological polar surface area (TPSA) is 111 Å².